The van der Waals surface area contributed by atoms with Gasteiger partial charge in [0.1, 0.15) is 0 Å². The lowest BCUT2D eigenvalue weighted by Crippen LogP contribution is -2.15. The monoisotopic (exact) mass is 400 g/mol. The highest BCUT2D eigenvalue weighted by molar-refractivity contribution is 7.99. The summed E-state index contributed by atoms with van der Waals surface area (Å²) in [6.07, 6.45) is 0. The van der Waals surface area contributed by atoms with Gasteiger partial charge in [-0.15, -0.1) is 10.2 Å². The number of carbonyl (C=O) groups is 1. The first-order valence-corrected chi connectivity index (χ1v) is 10.0. The van der Waals surface area contributed by atoms with Crippen molar-refractivity contribution < 1.29 is 4.79 Å². The first-order chi connectivity index (χ1) is 13.0. The molecule has 0 aliphatic heterocycles. The second kappa shape index (κ2) is 8.59. The van der Waals surface area contributed by atoms with E-state index in [9.17, 15) is 4.79 Å². The van der Waals surface area contributed by atoms with E-state index < -0.39 is 0 Å². The van der Waals surface area contributed by atoms with E-state index in [0.717, 1.165) is 33.4 Å². The molecular formula is C20H21ClN4OS. The van der Waals surface area contributed by atoms with Gasteiger partial charge in [-0.1, -0.05) is 29.4 Å². The molecule has 0 saturated carbocycles. The van der Waals surface area contributed by atoms with Gasteiger partial charge >= 0.3 is 0 Å². The van der Waals surface area contributed by atoms with Crippen LogP contribution in [0.15, 0.2) is 47.6 Å². The lowest BCUT2D eigenvalue weighted by atomic mass is 10.1. The van der Waals surface area contributed by atoms with E-state index in [4.69, 9.17) is 11.6 Å². The minimum Gasteiger partial charge on any atom is -0.325 e. The zero-order valence-electron chi connectivity index (χ0n) is 15.5. The summed E-state index contributed by atoms with van der Waals surface area (Å²) in [4.78, 5) is 12.3. The fourth-order valence-corrected chi connectivity index (χ4v) is 3.80. The molecule has 0 aliphatic rings. The number of hydrogen-bond donors (Lipinski definition) is 1. The van der Waals surface area contributed by atoms with Crippen molar-refractivity contribution in [1.82, 2.24) is 14.8 Å². The van der Waals surface area contributed by atoms with Crippen LogP contribution >= 0.6 is 23.4 Å². The van der Waals surface area contributed by atoms with Crippen LogP contribution < -0.4 is 5.32 Å². The number of nitrogens with zero attached hydrogens (tertiary/aromatic N) is 3. The maximum Gasteiger partial charge on any atom is 0.234 e. The molecule has 0 aliphatic carbocycles. The molecule has 0 fully saturated rings. The average Bonchev–Trinajstić information content (AvgIpc) is 3.02. The Bertz CT molecular complexity index is 933. The Labute approximate surface area is 168 Å². The molecule has 0 unspecified atom stereocenters. The summed E-state index contributed by atoms with van der Waals surface area (Å²) >= 11 is 7.33. The van der Waals surface area contributed by atoms with E-state index in [0.29, 0.717) is 11.6 Å². The molecule has 1 amide bonds. The summed E-state index contributed by atoms with van der Waals surface area (Å²) in [5.74, 6) is 0.973. The molecular weight excluding hydrogens is 380 g/mol. The van der Waals surface area contributed by atoms with E-state index in [2.05, 4.69) is 21.6 Å². The minimum absolute atomic E-state index is 0.0660. The molecule has 5 nitrogen and oxygen atoms in total. The number of hydrogen-bond acceptors (Lipinski definition) is 4. The Balaban J connectivity index is 1.69. The normalized spacial score (nSPS) is 10.8. The zero-order valence-corrected chi connectivity index (χ0v) is 17.1. The fourth-order valence-electron chi connectivity index (χ4n) is 2.87. The van der Waals surface area contributed by atoms with Crippen molar-refractivity contribution in [2.75, 3.05) is 11.1 Å². The number of amides is 1. The summed E-state index contributed by atoms with van der Waals surface area (Å²) in [5.41, 5.74) is 4.00. The summed E-state index contributed by atoms with van der Waals surface area (Å²) in [6.45, 7) is 6.77. The third-order valence-electron chi connectivity index (χ3n) is 3.97. The van der Waals surface area contributed by atoms with Crippen molar-refractivity contribution >= 4 is 35.0 Å². The van der Waals surface area contributed by atoms with E-state index in [1.165, 1.54) is 11.8 Å². The van der Waals surface area contributed by atoms with Crippen LogP contribution in [-0.2, 0) is 11.3 Å². The Kier molecular flexibility index (Phi) is 6.19. The van der Waals surface area contributed by atoms with Crippen LogP contribution in [0, 0.1) is 13.8 Å². The van der Waals surface area contributed by atoms with Gasteiger partial charge in [0.25, 0.3) is 0 Å². The van der Waals surface area contributed by atoms with Crippen LogP contribution in [0.1, 0.15) is 18.1 Å². The van der Waals surface area contributed by atoms with Crippen LogP contribution in [0.25, 0.3) is 11.4 Å². The third-order valence-corrected chi connectivity index (χ3v) is 5.19. The third kappa shape index (κ3) is 4.90. The van der Waals surface area contributed by atoms with Gasteiger partial charge in [0.2, 0.25) is 5.91 Å². The molecule has 27 heavy (non-hydrogen) atoms. The lowest BCUT2D eigenvalue weighted by molar-refractivity contribution is -0.113. The molecule has 3 aromatic rings. The maximum absolute atomic E-state index is 12.3. The predicted octanol–water partition coefficient (Wildman–Crippen LogP) is 4.97. The molecule has 140 valence electrons. The van der Waals surface area contributed by atoms with Gasteiger partial charge in [-0.2, -0.15) is 0 Å². The Hall–Kier alpha value is -2.31. The van der Waals surface area contributed by atoms with Gasteiger partial charge in [-0.25, -0.2) is 0 Å². The summed E-state index contributed by atoms with van der Waals surface area (Å²) in [7, 11) is 0. The largest absolute Gasteiger partial charge is 0.325 e. The predicted molar refractivity (Wildman–Crippen MR) is 111 cm³/mol. The van der Waals surface area contributed by atoms with E-state index in [1.807, 2.05) is 61.7 Å². The highest BCUT2D eigenvalue weighted by atomic mass is 35.5. The topological polar surface area (TPSA) is 59.8 Å². The average molecular weight is 401 g/mol. The Morgan fingerprint density at radius 3 is 2.41 bits per heavy atom. The van der Waals surface area contributed by atoms with Gasteiger partial charge in [0.15, 0.2) is 11.0 Å². The van der Waals surface area contributed by atoms with Crippen LogP contribution in [0.3, 0.4) is 0 Å². The van der Waals surface area contributed by atoms with Gasteiger partial charge in [-0.3, -0.25) is 4.79 Å². The Morgan fingerprint density at radius 1 is 1.11 bits per heavy atom. The van der Waals surface area contributed by atoms with Crippen molar-refractivity contribution in [1.29, 1.82) is 0 Å². The number of aryl methyl sites for hydroxylation is 2. The molecule has 0 spiro atoms. The number of rotatable bonds is 6. The van der Waals surface area contributed by atoms with E-state index in [1.54, 1.807) is 0 Å². The van der Waals surface area contributed by atoms with E-state index >= 15 is 0 Å². The first-order valence-electron chi connectivity index (χ1n) is 8.66. The molecule has 7 heteroatoms. The van der Waals surface area contributed by atoms with Crippen LogP contribution in [0.4, 0.5) is 5.69 Å². The molecule has 0 saturated heterocycles. The summed E-state index contributed by atoms with van der Waals surface area (Å²) in [6, 6.07) is 13.5. The molecule has 0 atom stereocenters. The molecule has 1 heterocycles. The number of halogens is 1. The Morgan fingerprint density at radius 2 is 1.78 bits per heavy atom. The van der Waals surface area contributed by atoms with Crippen LogP contribution in [0.5, 0.6) is 0 Å². The lowest BCUT2D eigenvalue weighted by Gasteiger charge is -2.09. The number of anilines is 1. The number of aromatic nitrogens is 3. The fraction of sp³-hybridized carbons (Fsp3) is 0.250. The SMILES string of the molecule is CCn1c(SCC(=O)Nc2cc(C)cc(C)c2)nnc1-c1ccc(Cl)cc1. The van der Waals surface area contributed by atoms with Gasteiger partial charge in [-0.05, 0) is 68.3 Å². The molecule has 0 bridgehead atoms. The van der Waals surface area contributed by atoms with Crippen molar-refractivity contribution in [3.63, 3.8) is 0 Å². The van der Waals surface area contributed by atoms with Gasteiger partial charge < -0.3 is 9.88 Å². The number of benzene rings is 2. The molecule has 0 radical (unpaired) electrons. The number of nitrogens with one attached hydrogen (secondary N) is 1. The molecule has 2 aromatic carbocycles. The zero-order chi connectivity index (χ0) is 19.4. The molecule has 1 N–H and O–H groups in total. The van der Waals surface area contributed by atoms with Crippen LogP contribution in [0.2, 0.25) is 5.02 Å². The quantitative estimate of drug-likeness (QED) is 0.593. The minimum atomic E-state index is -0.0660. The first kappa shape index (κ1) is 19.5. The smallest absolute Gasteiger partial charge is 0.234 e. The summed E-state index contributed by atoms with van der Waals surface area (Å²) < 4.78 is 2.00. The standard InChI is InChI=1S/C20H21ClN4OS/c1-4-25-19(15-5-7-16(21)8-6-15)23-24-20(25)27-12-18(26)22-17-10-13(2)9-14(3)11-17/h5-11H,4,12H2,1-3H3,(H,22,26). The van der Waals surface area contributed by atoms with E-state index in [-0.39, 0.29) is 11.7 Å². The van der Waals surface area contributed by atoms with Gasteiger partial charge in [0, 0.05) is 22.8 Å². The van der Waals surface area contributed by atoms with Crippen molar-refractivity contribution in [3.8, 4) is 11.4 Å². The van der Waals surface area contributed by atoms with Crippen molar-refractivity contribution in [2.24, 2.45) is 0 Å². The maximum atomic E-state index is 12.3. The number of carbonyl (C=O) groups excluding carboxylic acids is 1. The van der Waals surface area contributed by atoms with Crippen molar-refractivity contribution in [3.05, 3.63) is 58.6 Å². The summed E-state index contributed by atoms with van der Waals surface area (Å²) in [5, 5.41) is 12.9. The number of thioether (sulfide) groups is 1. The second-order valence-corrected chi connectivity index (χ2v) is 7.65. The highest BCUT2D eigenvalue weighted by Gasteiger charge is 2.14. The van der Waals surface area contributed by atoms with Crippen LogP contribution in [-0.4, -0.2) is 26.4 Å². The molecule has 1 aromatic heterocycles. The van der Waals surface area contributed by atoms with Crippen molar-refractivity contribution in [2.45, 2.75) is 32.5 Å². The highest BCUT2D eigenvalue weighted by Crippen LogP contribution is 2.25. The second-order valence-electron chi connectivity index (χ2n) is 6.27. The van der Waals surface area contributed by atoms with Gasteiger partial charge in [0.05, 0.1) is 5.75 Å². The molecule has 3 rings (SSSR count).